The molecular weight excluding hydrogens is 364 g/mol. The fraction of sp³-hybridized carbons (Fsp3) is 0.600. The van der Waals surface area contributed by atoms with Crippen LogP contribution >= 0.6 is 0 Å². The van der Waals surface area contributed by atoms with E-state index in [0.717, 1.165) is 25.7 Å². The van der Waals surface area contributed by atoms with E-state index in [1.807, 2.05) is 0 Å². The molecule has 4 atom stereocenters. The maximum atomic E-state index is 13.2. The van der Waals surface area contributed by atoms with Gasteiger partial charge in [-0.1, -0.05) is 0 Å². The second-order valence-electron chi connectivity index (χ2n) is 8.85. The molecule has 2 aromatic rings. The summed E-state index contributed by atoms with van der Waals surface area (Å²) in [5, 5.41) is 4.79. The number of hydrogen-bond acceptors (Lipinski definition) is 5. The average Bonchev–Trinajstić information content (AvgIpc) is 3.18. The van der Waals surface area contributed by atoms with Gasteiger partial charge in [-0.05, 0) is 37.8 Å². The lowest BCUT2D eigenvalue weighted by Crippen LogP contribution is -2.48. The zero-order chi connectivity index (χ0) is 19.4. The summed E-state index contributed by atoms with van der Waals surface area (Å²) < 4.78 is 34.0. The number of alkyl halides is 2. The number of anilines is 1. The van der Waals surface area contributed by atoms with Crippen molar-refractivity contribution in [1.29, 1.82) is 0 Å². The lowest BCUT2D eigenvalue weighted by molar-refractivity contribution is -0.0601. The molecule has 0 radical (unpaired) electrons. The molecule has 2 aliphatic carbocycles. The Labute approximate surface area is 161 Å². The first-order chi connectivity index (χ1) is 13.4. The number of rotatable bonds is 5. The predicted molar refractivity (Wildman–Crippen MR) is 99.0 cm³/mol. The summed E-state index contributed by atoms with van der Waals surface area (Å²) in [6, 6.07) is 4.87. The monoisotopic (exact) mass is 387 g/mol. The third-order valence-corrected chi connectivity index (χ3v) is 7.21. The van der Waals surface area contributed by atoms with Crippen molar-refractivity contribution in [3.8, 4) is 11.3 Å². The molecule has 148 valence electrons. The zero-order valence-corrected chi connectivity index (χ0v) is 15.8. The summed E-state index contributed by atoms with van der Waals surface area (Å²) in [5.41, 5.74) is 8.12. The summed E-state index contributed by atoms with van der Waals surface area (Å²) in [4.78, 5) is 6.59. The third kappa shape index (κ3) is 1.92. The number of nitrogens with zero attached hydrogens (tertiary/aromatic N) is 4. The fourth-order valence-corrected chi connectivity index (χ4v) is 5.70. The van der Waals surface area contributed by atoms with Crippen molar-refractivity contribution in [1.82, 2.24) is 19.7 Å². The van der Waals surface area contributed by atoms with Gasteiger partial charge in [-0.3, -0.25) is 9.58 Å². The van der Waals surface area contributed by atoms with Crippen molar-refractivity contribution < 1.29 is 13.5 Å². The van der Waals surface area contributed by atoms with E-state index >= 15 is 0 Å². The van der Waals surface area contributed by atoms with Crippen LogP contribution in [-0.4, -0.2) is 51.5 Å². The molecule has 2 saturated carbocycles. The minimum atomic E-state index is -2.65. The normalized spacial score (nSPS) is 33.4. The molecule has 8 heteroatoms. The van der Waals surface area contributed by atoms with E-state index in [9.17, 15) is 8.78 Å². The van der Waals surface area contributed by atoms with Gasteiger partial charge < -0.3 is 10.5 Å². The Morgan fingerprint density at radius 1 is 1.29 bits per heavy atom. The van der Waals surface area contributed by atoms with Crippen LogP contribution in [0.1, 0.15) is 37.6 Å². The van der Waals surface area contributed by atoms with Gasteiger partial charge in [0.1, 0.15) is 5.82 Å². The fourth-order valence-electron chi connectivity index (χ4n) is 5.70. The summed E-state index contributed by atoms with van der Waals surface area (Å²) in [6.07, 6.45) is -1.11. The Balaban J connectivity index is 1.38. The summed E-state index contributed by atoms with van der Waals surface area (Å²) >= 11 is 0. The van der Waals surface area contributed by atoms with Crippen LogP contribution < -0.4 is 5.73 Å². The van der Waals surface area contributed by atoms with Crippen molar-refractivity contribution in [2.45, 2.75) is 43.8 Å². The van der Waals surface area contributed by atoms with Crippen molar-refractivity contribution in [2.24, 2.45) is 11.8 Å². The molecule has 28 heavy (non-hydrogen) atoms. The first-order valence-electron chi connectivity index (χ1n) is 9.92. The first-order valence-corrected chi connectivity index (χ1v) is 9.92. The quantitative estimate of drug-likeness (QED) is 0.854. The number of pyridine rings is 1. The third-order valence-electron chi connectivity index (χ3n) is 7.21. The summed E-state index contributed by atoms with van der Waals surface area (Å²) in [6.45, 7) is 7.05. The largest absolute Gasteiger partial charge is 0.383 e. The van der Waals surface area contributed by atoms with Gasteiger partial charge in [0.05, 0.1) is 30.5 Å². The molecular formula is C20H23F2N5O. The minimum absolute atomic E-state index is 0.123. The lowest BCUT2D eigenvalue weighted by atomic mass is 10.0. The Morgan fingerprint density at radius 2 is 2.07 bits per heavy atom. The van der Waals surface area contributed by atoms with Crippen molar-refractivity contribution >= 4 is 5.82 Å². The number of fused-ring (bicyclic) bond motifs is 1. The Bertz CT molecular complexity index is 966. The van der Waals surface area contributed by atoms with Gasteiger partial charge in [0.15, 0.2) is 0 Å². The molecule has 5 aliphatic rings. The topological polar surface area (TPSA) is 69.2 Å². The molecule has 0 spiro atoms. The number of ether oxygens (including phenoxy) is 1. The van der Waals surface area contributed by atoms with Gasteiger partial charge >= 0.3 is 0 Å². The highest BCUT2D eigenvalue weighted by atomic mass is 19.3. The number of nitrogens with two attached hydrogens (primary N) is 1. The van der Waals surface area contributed by atoms with E-state index in [4.69, 9.17) is 15.6 Å². The Hall–Kier alpha value is -2.06. The maximum Gasteiger partial charge on any atom is 0.267 e. The zero-order valence-electron chi connectivity index (χ0n) is 15.8. The highest BCUT2D eigenvalue weighted by molar-refractivity contribution is 5.65. The van der Waals surface area contributed by atoms with Crippen LogP contribution in [0, 0.1) is 11.8 Å². The van der Waals surface area contributed by atoms with E-state index in [-0.39, 0.29) is 22.8 Å². The first kappa shape index (κ1) is 16.9. The minimum Gasteiger partial charge on any atom is -0.383 e. The Morgan fingerprint density at radius 3 is 2.68 bits per heavy atom. The van der Waals surface area contributed by atoms with Gasteiger partial charge in [-0.2, -0.15) is 5.10 Å². The van der Waals surface area contributed by atoms with Gasteiger partial charge in [-0.25, -0.2) is 13.8 Å². The maximum absolute atomic E-state index is 13.2. The molecule has 2 N–H and O–H groups in total. The number of halogens is 2. The standard InChI is InChI=1S/C20H23F2N5O/c1-9(2)27-15(20-13-6-26(11-7-28-8-11)17(20)16(13)20)4-14(25-27)10-3-12(18(21)22)19(23)24-5-10/h3-5,9,11,13,16-18H,6-8H2,1-2H3,(H2,23,24)/t13-,16-,17?,20-/m0/s1. The molecule has 5 heterocycles. The number of aromatic nitrogens is 3. The van der Waals surface area contributed by atoms with Gasteiger partial charge in [0.2, 0.25) is 0 Å². The van der Waals surface area contributed by atoms with Crippen LogP contribution in [0.25, 0.3) is 11.3 Å². The number of nitrogen functional groups attached to an aromatic ring is 1. The highest BCUT2D eigenvalue weighted by Crippen LogP contribution is 2.86. The molecule has 0 amide bonds. The van der Waals surface area contributed by atoms with E-state index < -0.39 is 6.43 Å². The van der Waals surface area contributed by atoms with Crippen molar-refractivity contribution in [3.63, 3.8) is 0 Å². The molecule has 3 aliphatic heterocycles. The molecule has 0 aromatic carbocycles. The van der Waals surface area contributed by atoms with Crippen LogP contribution in [0.5, 0.6) is 0 Å². The van der Waals surface area contributed by atoms with Gasteiger partial charge in [0.25, 0.3) is 6.43 Å². The van der Waals surface area contributed by atoms with Gasteiger partial charge in [-0.15, -0.1) is 0 Å². The van der Waals surface area contributed by atoms with Crippen molar-refractivity contribution in [2.75, 3.05) is 25.5 Å². The molecule has 6 nitrogen and oxygen atoms in total. The second kappa shape index (κ2) is 5.30. The van der Waals surface area contributed by atoms with Gasteiger partial charge in [0, 0.05) is 41.5 Å². The lowest BCUT2D eigenvalue weighted by Gasteiger charge is -2.34. The summed E-state index contributed by atoms with van der Waals surface area (Å²) in [5.74, 6) is 1.29. The molecule has 1 unspecified atom stereocenters. The second-order valence-corrected chi connectivity index (χ2v) is 8.85. The number of piperidine rings is 1. The Kier molecular flexibility index (Phi) is 3.19. The number of hydrogen-bond donors (Lipinski definition) is 1. The van der Waals surface area contributed by atoms with E-state index in [2.05, 4.69) is 34.5 Å². The molecule has 7 rings (SSSR count). The van der Waals surface area contributed by atoms with E-state index in [1.54, 1.807) is 6.20 Å². The van der Waals surface area contributed by atoms with Crippen LogP contribution in [-0.2, 0) is 10.2 Å². The van der Waals surface area contributed by atoms with Crippen LogP contribution in [0.2, 0.25) is 0 Å². The van der Waals surface area contributed by atoms with Crippen LogP contribution in [0.4, 0.5) is 14.6 Å². The summed E-state index contributed by atoms with van der Waals surface area (Å²) in [7, 11) is 0. The smallest absolute Gasteiger partial charge is 0.267 e. The molecule has 2 aromatic heterocycles. The molecule has 3 saturated heterocycles. The van der Waals surface area contributed by atoms with Crippen molar-refractivity contribution in [3.05, 3.63) is 29.6 Å². The SMILES string of the molecule is CC(C)n1nc(-c2cnc(N)c(C(F)F)c2)cc1[C@]12C3[C@@H]1[C@@H]2CN3C1COC1. The molecule has 2 bridgehead atoms. The van der Waals surface area contributed by atoms with Crippen LogP contribution in [0.15, 0.2) is 18.3 Å². The van der Waals surface area contributed by atoms with E-state index in [1.165, 1.54) is 11.8 Å². The molecule has 5 fully saturated rings. The average molecular weight is 387 g/mol. The predicted octanol–water partition coefficient (Wildman–Crippen LogP) is 2.63. The van der Waals surface area contributed by atoms with E-state index in [0.29, 0.717) is 29.3 Å². The van der Waals surface area contributed by atoms with Crippen LogP contribution in [0.3, 0.4) is 0 Å². The highest BCUT2D eigenvalue weighted by Gasteiger charge is 2.94.